The van der Waals surface area contributed by atoms with E-state index in [1.807, 2.05) is 37.4 Å². The van der Waals surface area contributed by atoms with Gasteiger partial charge >= 0.3 is 0 Å². The summed E-state index contributed by atoms with van der Waals surface area (Å²) in [7, 11) is 1.90. The van der Waals surface area contributed by atoms with E-state index in [0.29, 0.717) is 6.04 Å². The second kappa shape index (κ2) is 14.3. The third-order valence-electron chi connectivity index (χ3n) is 4.43. The molecule has 4 aromatic rings. The van der Waals surface area contributed by atoms with Crippen molar-refractivity contribution in [3.05, 3.63) is 119 Å². The highest BCUT2D eigenvalue weighted by atomic mass is 32.1. The smallest absolute Gasteiger partial charge is 0.0552 e. The van der Waals surface area contributed by atoms with E-state index in [4.69, 9.17) is 0 Å². The molecular weight excluding hydrogens is 384 g/mol. The van der Waals surface area contributed by atoms with Gasteiger partial charge in [0.05, 0.1) is 6.04 Å². The van der Waals surface area contributed by atoms with Gasteiger partial charge in [0.25, 0.3) is 0 Å². The molecule has 1 aromatic heterocycles. The second-order valence-corrected chi connectivity index (χ2v) is 7.74. The summed E-state index contributed by atoms with van der Waals surface area (Å²) in [5.74, 6) is 0. The molecule has 30 heavy (non-hydrogen) atoms. The van der Waals surface area contributed by atoms with Crippen LogP contribution in [0.15, 0.2) is 109 Å². The van der Waals surface area contributed by atoms with Gasteiger partial charge in [-0.15, -0.1) is 11.3 Å². The van der Waals surface area contributed by atoms with E-state index in [9.17, 15) is 0 Å². The molecular formula is C27H32N2S. The minimum atomic E-state index is 0.458. The number of nitrogens with one attached hydrogen (secondary N) is 2. The van der Waals surface area contributed by atoms with Crippen molar-refractivity contribution >= 4 is 11.3 Å². The van der Waals surface area contributed by atoms with Crippen LogP contribution < -0.4 is 10.9 Å². The van der Waals surface area contributed by atoms with Gasteiger partial charge in [-0.05, 0) is 43.0 Å². The van der Waals surface area contributed by atoms with Gasteiger partial charge in [-0.25, -0.2) is 5.43 Å². The van der Waals surface area contributed by atoms with Gasteiger partial charge in [-0.2, -0.15) is 0 Å². The van der Waals surface area contributed by atoms with E-state index in [1.54, 1.807) is 11.3 Å². The Labute approximate surface area is 185 Å². The normalized spacial score (nSPS) is 10.8. The molecule has 0 aliphatic rings. The molecule has 0 radical (unpaired) electrons. The highest BCUT2D eigenvalue weighted by Crippen LogP contribution is 2.20. The first kappa shape index (κ1) is 23.6. The molecule has 1 unspecified atom stereocenters. The molecule has 1 atom stereocenters. The van der Waals surface area contributed by atoms with Gasteiger partial charge in [0.2, 0.25) is 0 Å². The number of hydrogen-bond donors (Lipinski definition) is 2. The average Bonchev–Trinajstić information content (AvgIpc) is 3.35. The van der Waals surface area contributed by atoms with Crippen molar-refractivity contribution in [1.82, 2.24) is 10.9 Å². The zero-order chi connectivity index (χ0) is 21.4. The first-order valence-electron chi connectivity index (χ1n) is 10.3. The van der Waals surface area contributed by atoms with E-state index in [0.717, 1.165) is 6.42 Å². The molecule has 0 bridgehead atoms. The monoisotopic (exact) mass is 416 g/mol. The van der Waals surface area contributed by atoms with Crippen LogP contribution in [0.4, 0.5) is 0 Å². The molecule has 4 rings (SSSR count). The topological polar surface area (TPSA) is 24.1 Å². The van der Waals surface area contributed by atoms with E-state index in [2.05, 4.69) is 103 Å². The molecule has 1 heterocycles. The van der Waals surface area contributed by atoms with Crippen LogP contribution in [-0.4, -0.2) is 7.05 Å². The van der Waals surface area contributed by atoms with Crippen LogP contribution in [0.25, 0.3) is 11.1 Å². The maximum atomic E-state index is 3.20. The summed E-state index contributed by atoms with van der Waals surface area (Å²) in [5, 5.41) is 2.11. The van der Waals surface area contributed by atoms with Crippen LogP contribution in [0.2, 0.25) is 0 Å². The minimum Gasteiger partial charge on any atom is -0.260 e. The standard InChI is InChI=1S/C12H10.C8H14N2S.C7H8/c1-3-7-11(8-4-1)12-9-5-2-6-10-12;1-3-7(10-9-2)8-5-4-6-11-8;1-7-5-3-2-4-6-7/h1-10H;4-7,9-10H,3H2,1-2H3;2-6H,1H3. The Morgan fingerprint density at radius 3 is 1.53 bits per heavy atom. The predicted molar refractivity (Wildman–Crippen MR) is 133 cm³/mol. The van der Waals surface area contributed by atoms with Crippen LogP contribution in [0.3, 0.4) is 0 Å². The lowest BCUT2D eigenvalue weighted by Crippen LogP contribution is -2.31. The third-order valence-corrected chi connectivity index (χ3v) is 5.42. The van der Waals surface area contributed by atoms with Gasteiger partial charge in [-0.3, -0.25) is 5.43 Å². The number of rotatable bonds is 5. The van der Waals surface area contributed by atoms with Gasteiger partial charge in [-0.1, -0.05) is 110 Å². The summed E-state index contributed by atoms with van der Waals surface area (Å²) in [6, 6.07) is 35.7. The zero-order valence-electron chi connectivity index (χ0n) is 18.1. The van der Waals surface area contributed by atoms with Crippen molar-refractivity contribution in [2.24, 2.45) is 0 Å². The van der Waals surface area contributed by atoms with Gasteiger partial charge in [0.1, 0.15) is 0 Å². The summed E-state index contributed by atoms with van der Waals surface area (Å²) < 4.78 is 0. The fourth-order valence-electron chi connectivity index (χ4n) is 2.83. The fourth-order valence-corrected chi connectivity index (χ4v) is 3.69. The number of benzene rings is 3. The second-order valence-electron chi connectivity index (χ2n) is 6.76. The summed E-state index contributed by atoms with van der Waals surface area (Å²) in [6.45, 7) is 4.26. The first-order chi connectivity index (χ1) is 14.7. The van der Waals surface area contributed by atoms with E-state index >= 15 is 0 Å². The molecule has 0 spiro atoms. The largest absolute Gasteiger partial charge is 0.260 e. The number of hydrazine groups is 1. The summed E-state index contributed by atoms with van der Waals surface area (Å²) in [5.41, 5.74) is 10.0. The lowest BCUT2D eigenvalue weighted by atomic mass is 10.1. The number of thiophene rings is 1. The average molecular weight is 417 g/mol. The molecule has 0 saturated carbocycles. The molecule has 0 saturated heterocycles. The maximum absolute atomic E-state index is 3.20. The highest BCUT2D eigenvalue weighted by molar-refractivity contribution is 7.10. The molecule has 3 aromatic carbocycles. The molecule has 0 fully saturated rings. The van der Waals surface area contributed by atoms with Crippen LogP contribution in [-0.2, 0) is 0 Å². The molecule has 3 heteroatoms. The third kappa shape index (κ3) is 8.75. The quantitative estimate of drug-likeness (QED) is 0.334. The van der Waals surface area contributed by atoms with Crippen molar-refractivity contribution in [3.8, 4) is 11.1 Å². The van der Waals surface area contributed by atoms with Crippen molar-refractivity contribution < 1.29 is 0 Å². The Balaban J connectivity index is 0.000000166. The Morgan fingerprint density at radius 2 is 1.20 bits per heavy atom. The van der Waals surface area contributed by atoms with Crippen LogP contribution >= 0.6 is 11.3 Å². The summed E-state index contributed by atoms with van der Waals surface area (Å²) in [6.07, 6.45) is 1.11. The van der Waals surface area contributed by atoms with Crippen LogP contribution in [0.5, 0.6) is 0 Å². The van der Waals surface area contributed by atoms with Crippen molar-refractivity contribution in [1.29, 1.82) is 0 Å². The molecule has 2 nitrogen and oxygen atoms in total. The van der Waals surface area contributed by atoms with Gasteiger partial charge < -0.3 is 0 Å². The molecule has 156 valence electrons. The maximum Gasteiger partial charge on any atom is 0.0552 e. The van der Waals surface area contributed by atoms with Gasteiger partial charge in [0.15, 0.2) is 0 Å². The molecule has 0 amide bonds. The Kier molecular flexibility index (Phi) is 11.2. The van der Waals surface area contributed by atoms with Crippen molar-refractivity contribution in [2.75, 3.05) is 7.05 Å². The zero-order valence-corrected chi connectivity index (χ0v) is 18.9. The summed E-state index contributed by atoms with van der Waals surface area (Å²) >= 11 is 1.79. The van der Waals surface area contributed by atoms with Crippen LogP contribution in [0, 0.1) is 6.92 Å². The van der Waals surface area contributed by atoms with Crippen molar-refractivity contribution in [3.63, 3.8) is 0 Å². The summed E-state index contributed by atoms with van der Waals surface area (Å²) in [4.78, 5) is 1.39. The van der Waals surface area contributed by atoms with Crippen molar-refractivity contribution in [2.45, 2.75) is 26.3 Å². The molecule has 0 aliphatic heterocycles. The van der Waals surface area contributed by atoms with Gasteiger partial charge in [0, 0.05) is 4.88 Å². The number of hydrogen-bond acceptors (Lipinski definition) is 3. The van der Waals surface area contributed by atoms with E-state index in [-0.39, 0.29) is 0 Å². The fraction of sp³-hybridized carbons (Fsp3) is 0.185. The minimum absolute atomic E-state index is 0.458. The lowest BCUT2D eigenvalue weighted by molar-refractivity contribution is 0.469. The van der Waals surface area contributed by atoms with E-state index in [1.165, 1.54) is 21.6 Å². The van der Waals surface area contributed by atoms with Crippen LogP contribution in [0.1, 0.15) is 29.8 Å². The highest BCUT2D eigenvalue weighted by Gasteiger charge is 2.07. The Bertz CT molecular complexity index is 854. The number of aryl methyl sites for hydroxylation is 1. The lowest BCUT2D eigenvalue weighted by Gasteiger charge is -2.13. The Hall–Kier alpha value is -2.72. The van der Waals surface area contributed by atoms with E-state index < -0.39 is 0 Å². The Morgan fingerprint density at radius 1 is 0.700 bits per heavy atom. The predicted octanol–water partition coefficient (Wildman–Crippen LogP) is 7.27. The molecule has 2 N–H and O–H groups in total. The SMILES string of the molecule is CCC(NNC)c1cccs1.Cc1ccccc1.c1ccc(-c2ccccc2)cc1. The first-order valence-corrected chi connectivity index (χ1v) is 11.2. The molecule has 0 aliphatic carbocycles.